The van der Waals surface area contributed by atoms with E-state index in [-0.39, 0.29) is 12.1 Å². The van der Waals surface area contributed by atoms with Gasteiger partial charge in [0.1, 0.15) is 6.33 Å². The first-order valence-electron chi connectivity index (χ1n) is 8.41. The minimum atomic E-state index is 0.204. The third-order valence-electron chi connectivity index (χ3n) is 4.89. The Morgan fingerprint density at radius 1 is 1.00 bits per heavy atom. The molecule has 4 rings (SSSR count). The molecule has 0 bridgehead atoms. The normalized spacial score (nSPS) is 19.6. The predicted molar refractivity (Wildman–Crippen MR) is 96.2 cm³/mol. The summed E-state index contributed by atoms with van der Waals surface area (Å²) in [6.07, 6.45) is 2.60. The molecule has 0 saturated heterocycles. The van der Waals surface area contributed by atoms with Gasteiger partial charge in [0.05, 0.1) is 12.1 Å². The molecule has 0 aliphatic carbocycles. The zero-order valence-electron chi connectivity index (χ0n) is 14.3. The molecule has 0 fully saturated rings. The van der Waals surface area contributed by atoms with Gasteiger partial charge in [-0.2, -0.15) is 10.1 Å². The lowest BCUT2D eigenvalue weighted by Gasteiger charge is -2.32. The molecule has 2 aromatic carbocycles. The van der Waals surface area contributed by atoms with Crippen LogP contribution in [-0.2, 0) is 0 Å². The Hall–Kier alpha value is -2.62. The lowest BCUT2D eigenvalue weighted by atomic mass is 9.90. The van der Waals surface area contributed by atoms with Crippen LogP contribution in [0.4, 0.5) is 5.95 Å². The van der Waals surface area contributed by atoms with E-state index in [1.54, 1.807) is 6.33 Å². The Bertz CT molecular complexity index is 864. The van der Waals surface area contributed by atoms with E-state index in [2.05, 4.69) is 78.6 Å². The van der Waals surface area contributed by atoms with Crippen molar-refractivity contribution in [2.24, 2.45) is 0 Å². The number of aryl methyl sites for hydroxylation is 3. The molecule has 0 radical (unpaired) electrons. The van der Waals surface area contributed by atoms with Gasteiger partial charge >= 0.3 is 0 Å². The summed E-state index contributed by atoms with van der Waals surface area (Å²) in [5.74, 6) is 0.844. The molecule has 122 valence electrons. The smallest absolute Gasteiger partial charge is 0.222 e. The Morgan fingerprint density at radius 3 is 2.50 bits per heavy atom. The molecule has 24 heavy (non-hydrogen) atoms. The molecule has 1 aliphatic rings. The monoisotopic (exact) mass is 318 g/mol. The number of benzene rings is 2. The Labute approximate surface area is 142 Å². The van der Waals surface area contributed by atoms with Crippen LogP contribution in [0, 0.1) is 20.8 Å². The Balaban J connectivity index is 1.75. The summed E-state index contributed by atoms with van der Waals surface area (Å²) in [6.45, 7) is 6.43. The van der Waals surface area contributed by atoms with Crippen LogP contribution >= 0.6 is 0 Å². The molecule has 3 aromatic rings. The Morgan fingerprint density at radius 2 is 1.75 bits per heavy atom. The highest BCUT2D eigenvalue weighted by Gasteiger charge is 2.30. The molecule has 2 atom stereocenters. The van der Waals surface area contributed by atoms with E-state index in [9.17, 15) is 0 Å². The number of hydrogen-bond acceptors (Lipinski definition) is 3. The molecule has 1 aromatic heterocycles. The van der Waals surface area contributed by atoms with Crippen LogP contribution in [0.25, 0.3) is 0 Å². The predicted octanol–water partition coefficient (Wildman–Crippen LogP) is 4.35. The first kappa shape index (κ1) is 14.9. The molecule has 0 spiro atoms. The molecule has 2 heterocycles. The number of nitrogens with zero attached hydrogens (tertiary/aromatic N) is 3. The third-order valence-corrected chi connectivity index (χ3v) is 4.89. The Kier molecular flexibility index (Phi) is 3.60. The molecule has 2 unspecified atom stereocenters. The fraction of sp³-hybridized carbons (Fsp3) is 0.300. The summed E-state index contributed by atoms with van der Waals surface area (Å²) in [7, 11) is 0. The number of nitrogens with one attached hydrogen (secondary N) is 1. The standard InChI is InChI=1S/C20H22N4/c1-13-4-7-16(8-5-13)18-11-19(24-20(23-18)21-12-22-24)17-9-6-14(2)10-15(17)3/h4-10,12,18-19H,11H2,1-3H3,(H,21,22,23). The lowest BCUT2D eigenvalue weighted by Crippen LogP contribution is -2.28. The van der Waals surface area contributed by atoms with Gasteiger partial charge in [0, 0.05) is 0 Å². The van der Waals surface area contributed by atoms with E-state index < -0.39 is 0 Å². The van der Waals surface area contributed by atoms with E-state index in [4.69, 9.17) is 0 Å². The first-order chi connectivity index (χ1) is 11.6. The molecule has 0 amide bonds. The van der Waals surface area contributed by atoms with Crippen molar-refractivity contribution in [3.8, 4) is 0 Å². The van der Waals surface area contributed by atoms with Crippen LogP contribution < -0.4 is 5.32 Å². The van der Waals surface area contributed by atoms with Crippen molar-refractivity contribution < 1.29 is 0 Å². The molecule has 0 saturated carbocycles. The largest absolute Gasteiger partial charge is 0.348 e. The van der Waals surface area contributed by atoms with Crippen molar-refractivity contribution in [2.75, 3.05) is 5.32 Å². The van der Waals surface area contributed by atoms with Gasteiger partial charge in [-0.3, -0.25) is 0 Å². The van der Waals surface area contributed by atoms with Gasteiger partial charge in [0.25, 0.3) is 0 Å². The number of anilines is 1. The molecule has 1 aliphatic heterocycles. The van der Waals surface area contributed by atoms with Gasteiger partial charge in [-0.15, -0.1) is 0 Å². The summed E-state index contributed by atoms with van der Waals surface area (Å²) in [6, 6.07) is 15.9. The average Bonchev–Trinajstić information content (AvgIpc) is 3.03. The van der Waals surface area contributed by atoms with Gasteiger partial charge in [0.15, 0.2) is 0 Å². The summed E-state index contributed by atoms with van der Waals surface area (Å²) in [5, 5.41) is 8.00. The topological polar surface area (TPSA) is 42.7 Å². The second kappa shape index (κ2) is 5.78. The SMILES string of the molecule is Cc1ccc(C2CC(c3ccc(C)cc3C)n3ncnc3N2)cc1. The fourth-order valence-electron chi connectivity index (χ4n) is 3.60. The van der Waals surface area contributed by atoms with Crippen molar-refractivity contribution in [1.29, 1.82) is 0 Å². The highest BCUT2D eigenvalue weighted by atomic mass is 15.4. The first-order valence-corrected chi connectivity index (χ1v) is 8.41. The lowest BCUT2D eigenvalue weighted by molar-refractivity contribution is 0.429. The molecule has 1 N–H and O–H groups in total. The summed E-state index contributed by atoms with van der Waals surface area (Å²) < 4.78 is 2.02. The summed E-state index contributed by atoms with van der Waals surface area (Å²) >= 11 is 0. The van der Waals surface area contributed by atoms with Crippen molar-refractivity contribution in [3.05, 3.63) is 76.6 Å². The third kappa shape index (κ3) is 2.58. The zero-order chi connectivity index (χ0) is 16.7. The maximum atomic E-state index is 4.46. The van der Waals surface area contributed by atoms with E-state index in [0.29, 0.717) is 0 Å². The van der Waals surface area contributed by atoms with Gasteiger partial charge < -0.3 is 5.32 Å². The summed E-state index contributed by atoms with van der Waals surface area (Å²) in [5.41, 5.74) is 6.50. The maximum absolute atomic E-state index is 4.46. The van der Waals surface area contributed by atoms with E-state index in [1.807, 2.05) is 4.68 Å². The molecular weight excluding hydrogens is 296 g/mol. The minimum Gasteiger partial charge on any atom is -0.348 e. The van der Waals surface area contributed by atoms with Gasteiger partial charge in [0.2, 0.25) is 5.95 Å². The van der Waals surface area contributed by atoms with E-state index in [1.165, 1.54) is 27.8 Å². The number of aromatic nitrogens is 3. The summed E-state index contributed by atoms with van der Waals surface area (Å²) in [4.78, 5) is 4.41. The molecular formula is C20H22N4. The fourth-order valence-corrected chi connectivity index (χ4v) is 3.60. The second-order valence-corrected chi connectivity index (χ2v) is 6.75. The van der Waals surface area contributed by atoms with Crippen LogP contribution in [0.3, 0.4) is 0 Å². The number of rotatable bonds is 2. The van der Waals surface area contributed by atoms with Crippen LogP contribution in [0.15, 0.2) is 48.8 Å². The van der Waals surface area contributed by atoms with Gasteiger partial charge in [-0.25, -0.2) is 4.68 Å². The number of fused-ring (bicyclic) bond motifs is 1. The van der Waals surface area contributed by atoms with Crippen molar-refractivity contribution in [2.45, 2.75) is 39.3 Å². The van der Waals surface area contributed by atoms with Crippen molar-refractivity contribution in [3.63, 3.8) is 0 Å². The average molecular weight is 318 g/mol. The van der Waals surface area contributed by atoms with Crippen molar-refractivity contribution in [1.82, 2.24) is 14.8 Å². The maximum Gasteiger partial charge on any atom is 0.222 e. The van der Waals surface area contributed by atoms with Gasteiger partial charge in [-0.05, 0) is 43.9 Å². The van der Waals surface area contributed by atoms with Crippen LogP contribution in [0.2, 0.25) is 0 Å². The molecule has 4 nitrogen and oxygen atoms in total. The van der Waals surface area contributed by atoms with E-state index in [0.717, 1.165) is 12.4 Å². The zero-order valence-corrected chi connectivity index (χ0v) is 14.3. The number of hydrogen-bond donors (Lipinski definition) is 1. The molecule has 4 heteroatoms. The van der Waals surface area contributed by atoms with Crippen molar-refractivity contribution >= 4 is 5.95 Å². The van der Waals surface area contributed by atoms with Crippen LogP contribution in [0.1, 0.15) is 46.3 Å². The minimum absolute atomic E-state index is 0.204. The van der Waals surface area contributed by atoms with Crippen LogP contribution in [0.5, 0.6) is 0 Å². The quantitative estimate of drug-likeness (QED) is 0.764. The highest BCUT2D eigenvalue weighted by Crippen LogP contribution is 2.38. The van der Waals surface area contributed by atoms with E-state index >= 15 is 0 Å². The highest BCUT2D eigenvalue weighted by molar-refractivity contribution is 5.41. The van der Waals surface area contributed by atoms with Crippen LogP contribution in [-0.4, -0.2) is 14.8 Å². The second-order valence-electron chi connectivity index (χ2n) is 6.75. The van der Waals surface area contributed by atoms with Gasteiger partial charge in [-0.1, -0.05) is 53.6 Å².